The van der Waals surface area contributed by atoms with Crippen molar-refractivity contribution < 1.29 is 4.79 Å². The third-order valence-corrected chi connectivity index (χ3v) is 5.07. The van der Waals surface area contributed by atoms with Gasteiger partial charge in [0.25, 0.3) is 0 Å². The molecule has 120 valence electrons. The summed E-state index contributed by atoms with van der Waals surface area (Å²) in [6.45, 7) is 5.49. The van der Waals surface area contributed by atoms with E-state index in [9.17, 15) is 4.79 Å². The van der Waals surface area contributed by atoms with Crippen molar-refractivity contribution in [3.05, 3.63) is 35.9 Å². The van der Waals surface area contributed by atoms with Gasteiger partial charge in [0.15, 0.2) is 0 Å². The van der Waals surface area contributed by atoms with Crippen LogP contribution in [0.1, 0.15) is 18.4 Å². The Labute approximate surface area is 133 Å². The lowest BCUT2D eigenvalue weighted by Gasteiger charge is -2.24. The van der Waals surface area contributed by atoms with Crippen molar-refractivity contribution >= 4 is 5.91 Å². The number of benzene rings is 1. The second-order valence-electron chi connectivity index (χ2n) is 6.79. The van der Waals surface area contributed by atoms with Crippen LogP contribution in [-0.2, 0) is 11.3 Å². The highest BCUT2D eigenvalue weighted by molar-refractivity contribution is 5.78. The number of nitrogens with one attached hydrogen (secondary N) is 1. The van der Waals surface area contributed by atoms with Crippen LogP contribution in [0.15, 0.2) is 30.3 Å². The summed E-state index contributed by atoms with van der Waals surface area (Å²) in [6.07, 6.45) is 2.32. The average Bonchev–Trinajstić information content (AvgIpc) is 2.86. The fourth-order valence-electron chi connectivity index (χ4n) is 3.75. The quantitative estimate of drug-likeness (QED) is 0.917. The molecule has 0 aliphatic carbocycles. The third-order valence-electron chi connectivity index (χ3n) is 5.07. The van der Waals surface area contributed by atoms with Gasteiger partial charge in [0, 0.05) is 19.6 Å². The van der Waals surface area contributed by atoms with Crippen LogP contribution < -0.4 is 5.32 Å². The molecule has 0 aromatic heterocycles. The van der Waals surface area contributed by atoms with Crippen molar-refractivity contribution in [3.63, 3.8) is 0 Å². The summed E-state index contributed by atoms with van der Waals surface area (Å²) in [5.41, 5.74) is 1.26. The molecule has 2 aliphatic rings. The first-order valence-corrected chi connectivity index (χ1v) is 8.43. The maximum Gasteiger partial charge on any atom is 0.236 e. The largest absolute Gasteiger partial charge is 0.342 e. The fraction of sp³-hybridized carbons (Fsp3) is 0.611. The predicted molar refractivity (Wildman–Crippen MR) is 88.4 cm³/mol. The molecule has 3 rings (SSSR count). The van der Waals surface area contributed by atoms with E-state index in [1.54, 1.807) is 0 Å². The monoisotopic (exact) mass is 301 g/mol. The number of rotatable bonds is 4. The molecule has 4 heteroatoms. The second-order valence-corrected chi connectivity index (χ2v) is 6.79. The molecule has 2 aliphatic heterocycles. The normalized spacial score (nSPS) is 25.1. The molecule has 4 nitrogen and oxygen atoms in total. The lowest BCUT2D eigenvalue weighted by molar-refractivity contribution is -0.132. The molecule has 1 N–H and O–H groups in total. The first kappa shape index (κ1) is 15.5. The van der Waals surface area contributed by atoms with Crippen molar-refractivity contribution in [2.45, 2.75) is 19.4 Å². The lowest BCUT2D eigenvalue weighted by Crippen LogP contribution is -2.39. The highest BCUT2D eigenvalue weighted by Gasteiger charge is 2.31. The van der Waals surface area contributed by atoms with E-state index in [1.165, 1.54) is 5.56 Å². The molecule has 1 amide bonds. The van der Waals surface area contributed by atoms with Crippen molar-refractivity contribution in [3.8, 4) is 0 Å². The molecule has 1 aromatic carbocycles. The van der Waals surface area contributed by atoms with Crippen LogP contribution in [0.5, 0.6) is 0 Å². The number of likely N-dealkylation sites (N-methyl/N-ethyl adjacent to an activating group) is 1. The van der Waals surface area contributed by atoms with Gasteiger partial charge < -0.3 is 10.2 Å². The highest BCUT2D eigenvalue weighted by atomic mass is 16.2. The molecule has 0 radical (unpaired) electrons. The van der Waals surface area contributed by atoms with Gasteiger partial charge in [0.05, 0.1) is 6.54 Å². The molecule has 2 heterocycles. The molecule has 2 fully saturated rings. The van der Waals surface area contributed by atoms with E-state index in [0.717, 1.165) is 57.4 Å². The SMILES string of the molecule is CN(CC(=O)N1CC[C@@H]2CNC[C@@H]2CC1)Cc1ccccc1. The minimum Gasteiger partial charge on any atom is -0.342 e. The van der Waals surface area contributed by atoms with Crippen LogP contribution in [-0.4, -0.2) is 55.5 Å². The standard InChI is InChI=1S/C18H27N3O/c1-20(13-15-5-3-2-4-6-15)14-18(22)21-9-7-16-11-19-12-17(16)8-10-21/h2-6,16-17,19H,7-14H2,1H3/t16-,17+. The second kappa shape index (κ2) is 7.25. The number of amides is 1. The lowest BCUT2D eigenvalue weighted by atomic mass is 9.92. The maximum atomic E-state index is 12.5. The summed E-state index contributed by atoms with van der Waals surface area (Å²) in [7, 11) is 2.03. The van der Waals surface area contributed by atoms with Crippen molar-refractivity contribution in [1.82, 2.24) is 15.1 Å². The van der Waals surface area contributed by atoms with Crippen molar-refractivity contribution in [2.24, 2.45) is 11.8 Å². The number of likely N-dealkylation sites (tertiary alicyclic amines) is 1. The zero-order valence-electron chi connectivity index (χ0n) is 13.5. The van der Waals surface area contributed by atoms with Crippen LogP contribution in [0.25, 0.3) is 0 Å². The van der Waals surface area contributed by atoms with Gasteiger partial charge in [-0.25, -0.2) is 0 Å². The van der Waals surface area contributed by atoms with Crippen LogP contribution in [0, 0.1) is 11.8 Å². The van der Waals surface area contributed by atoms with Crippen LogP contribution in [0.2, 0.25) is 0 Å². The topological polar surface area (TPSA) is 35.6 Å². The first-order chi connectivity index (χ1) is 10.7. The molecule has 2 saturated heterocycles. The summed E-state index contributed by atoms with van der Waals surface area (Å²) in [4.78, 5) is 16.7. The van der Waals surface area contributed by atoms with E-state index in [1.807, 2.05) is 25.2 Å². The molecule has 22 heavy (non-hydrogen) atoms. The van der Waals surface area contributed by atoms with Crippen molar-refractivity contribution in [2.75, 3.05) is 39.8 Å². The van der Waals surface area contributed by atoms with Crippen LogP contribution >= 0.6 is 0 Å². The van der Waals surface area contributed by atoms with Crippen molar-refractivity contribution in [1.29, 1.82) is 0 Å². The summed E-state index contributed by atoms with van der Waals surface area (Å²) in [5.74, 6) is 1.84. The van der Waals surface area contributed by atoms with Gasteiger partial charge >= 0.3 is 0 Å². The van der Waals surface area contributed by atoms with Crippen LogP contribution in [0.3, 0.4) is 0 Å². The molecule has 0 spiro atoms. The molecule has 0 unspecified atom stereocenters. The third kappa shape index (κ3) is 3.87. The summed E-state index contributed by atoms with van der Waals surface area (Å²) in [6, 6.07) is 10.3. The average molecular weight is 301 g/mol. The number of carbonyl (C=O) groups excluding carboxylic acids is 1. The Balaban J connectivity index is 1.49. The number of carbonyl (C=O) groups is 1. The Bertz CT molecular complexity index is 476. The van der Waals surface area contributed by atoms with E-state index < -0.39 is 0 Å². The summed E-state index contributed by atoms with van der Waals surface area (Å²) in [5, 5.41) is 3.48. The molecule has 0 saturated carbocycles. The zero-order chi connectivity index (χ0) is 15.4. The van der Waals surface area contributed by atoms with E-state index >= 15 is 0 Å². The number of nitrogens with zero attached hydrogens (tertiary/aromatic N) is 2. The van der Waals surface area contributed by atoms with Gasteiger partial charge in [-0.15, -0.1) is 0 Å². The van der Waals surface area contributed by atoms with Gasteiger partial charge in [-0.3, -0.25) is 9.69 Å². The Hall–Kier alpha value is -1.39. The highest BCUT2D eigenvalue weighted by Crippen LogP contribution is 2.27. The Kier molecular flexibility index (Phi) is 5.11. The molecular formula is C18H27N3O. The Morgan fingerprint density at radius 1 is 1.18 bits per heavy atom. The molecule has 0 bridgehead atoms. The Morgan fingerprint density at radius 2 is 1.82 bits per heavy atom. The van der Waals surface area contributed by atoms with E-state index in [2.05, 4.69) is 27.2 Å². The smallest absolute Gasteiger partial charge is 0.236 e. The van der Waals surface area contributed by atoms with Gasteiger partial charge in [0.2, 0.25) is 5.91 Å². The molecule has 1 aromatic rings. The Morgan fingerprint density at radius 3 is 2.45 bits per heavy atom. The number of hydrogen-bond donors (Lipinski definition) is 1. The number of hydrogen-bond acceptors (Lipinski definition) is 3. The molecular weight excluding hydrogens is 274 g/mol. The van der Waals surface area contributed by atoms with E-state index in [0.29, 0.717) is 6.54 Å². The zero-order valence-corrected chi connectivity index (χ0v) is 13.5. The van der Waals surface area contributed by atoms with Gasteiger partial charge in [-0.1, -0.05) is 30.3 Å². The molecule has 2 atom stereocenters. The van der Waals surface area contributed by atoms with Gasteiger partial charge in [-0.2, -0.15) is 0 Å². The fourth-order valence-corrected chi connectivity index (χ4v) is 3.75. The predicted octanol–water partition coefficient (Wildman–Crippen LogP) is 1.58. The minimum absolute atomic E-state index is 0.284. The first-order valence-electron chi connectivity index (χ1n) is 8.43. The van der Waals surface area contributed by atoms with Gasteiger partial charge in [0.1, 0.15) is 0 Å². The van der Waals surface area contributed by atoms with Crippen LogP contribution in [0.4, 0.5) is 0 Å². The number of fused-ring (bicyclic) bond motifs is 1. The summed E-state index contributed by atoms with van der Waals surface area (Å²) < 4.78 is 0. The van der Waals surface area contributed by atoms with Gasteiger partial charge in [-0.05, 0) is 50.4 Å². The maximum absolute atomic E-state index is 12.5. The van der Waals surface area contributed by atoms with E-state index in [4.69, 9.17) is 0 Å². The minimum atomic E-state index is 0.284. The van der Waals surface area contributed by atoms with E-state index in [-0.39, 0.29) is 5.91 Å². The summed E-state index contributed by atoms with van der Waals surface area (Å²) >= 11 is 0.